The van der Waals surface area contributed by atoms with Crippen LogP contribution in [0.3, 0.4) is 0 Å². The lowest BCUT2D eigenvalue weighted by molar-refractivity contribution is -0.112. The Hall–Kier alpha value is -0.890. The first-order chi connectivity index (χ1) is 5.68. The van der Waals surface area contributed by atoms with Crippen molar-refractivity contribution < 1.29 is 4.79 Å². The van der Waals surface area contributed by atoms with E-state index in [1.54, 1.807) is 12.2 Å². The molecule has 0 bridgehead atoms. The topological polar surface area (TPSA) is 17.1 Å². The van der Waals surface area contributed by atoms with Crippen molar-refractivity contribution in [2.75, 3.05) is 0 Å². The lowest BCUT2D eigenvalue weighted by atomic mass is 10.2. The number of ketones is 1. The van der Waals surface area contributed by atoms with E-state index in [0.717, 1.165) is 10.0 Å². The summed E-state index contributed by atoms with van der Waals surface area (Å²) in [7, 11) is 0. The standard InChI is InChI=1S/C10H9BrO/c1-8(12)5-6-9-3-2-4-10(11)7-9/h2-7H,1H3/b6-5+. The SMILES string of the molecule is CC(=O)/C=C/c1cccc(Br)c1. The van der Waals surface area contributed by atoms with Crippen LogP contribution in [0.15, 0.2) is 34.8 Å². The van der Waals surface area contributed by atoms with Crippen molar-refractivity contribution in [3.8, 4) is 0 Å². The predicted molar refractivity (Wildman–Crippen MR) is 53.9 cm³/mol. The average molecular weight is 225 g/mol. The number of rotatable bonds is 2. The van der Waals surface area contributed by atoms with Crippen LogP contribution in [-0.4, -0.2) is 5.78 Å². The summed E-state index contributed by atoms with van der Waals surface area (Å²) in [6.07, 6.45) is 3.36. The first-order valence-corrected chi connectivity index (χ1v) is 4.42. The van der Waals surface area contributed by atoms with Crippen LogP contribution in [0.1, 0.15) is 12.5 Å². The van der Waals surface area contributed by atoms with Gasteiger partial charge in [-0.3, -0.25) is 4.79 Å². The van der Waals surface area contributed by atoms with Gasteiger partial charge in [-0.1, -0.05) is 34.1 Å². The van der Waals surface area contributed by atoms with Crippen molar-refractivity contribution in [1.82, 2.24) is 0 Å². The molecule has 0 aliphatic carbocycles. The lowest BCUT2D eigenvalue weighted by Crippen LogP contribution is -1.79. The van der Waals surface area contributed by atoms with Crippen LogP contribution in [-0.2, 0) is 4.79 Å². The van der Waals surface area contributed by atoms with Crippen molar-refractivity contribution in [2.24, 2.45) is 0 Å². The maximum atomic E-state index is 10.6. The number of halogens is 1. The van der Waals surface area contributed by atoms with Crippen molar-refractivity contribution in [2.45, 2.75) is 6.92 Å². The highest BCUT2D eigenvalue weighted by molar-refractivity contribution is 9.10. The molecule has 0 fully saturated rings. The molecule has 0 aromatic heterocycles. The van der Waals surface area contributed by atoms with Crippen LogP contribution in [0, 0.1) is 0 Å². The van der Waals surface area contributed by atoms with Gasteiger partial charge in [-0.05, 0) is 30.7 Å². The summed E-state index contributed by atoms with van der Waals surface area (Å²) in [5.74, 6) is 0.0648. The number of hydrogen-bond acceptors (Lipinski definition) is 1. The van der Waals surface area contributed by atoms with Gasteiger partial charge in [-0.2, -0.15) is 0 Å². The molecule has 0 spiro atoms. The second-order valence-electron chi connectivity index (χ2n) is 2.50. The monoisotopic (exact) mass is 224 g/mol. The van der Waals surface area contributed by atoms with Crippen LogP contribution < -0.4 is 0 Å². The molecule has 2 heteroatoms. The minimum absolute atomic E-state index is 0.0648. The zero-order chi connectivity index (χ0) is 8.97. The number of benzene rings is 1. The molecule has 0 atom stereocenters. The zero-order valence-electron chi connectivity index (χ0n) is 6.75. The Kier molecular flexibility index (Phi) is 3.23. The van der Waals surface area contributed by atoms with Crippen LogP contribution in [0.4, 0.5) is 0 Å². The molecule has 1 aromatic carbocycles. The van der Waals surface area contributed by atoms with Crippen molar-refractivity contribution >= 4 is 27.8 Å². The van der Waals surface area contributed by atoms with E-state index in [4.69, 9.17) is 0 Å². The van der Waals surface area contributed by atoms with E-state index in [-0.39, 0.29) is 5.78 Å². The largest absolute Gasteiger partial charge is 0.295 e. The highest BCUT2D eigenvalue weighted by atomic mass is 79.9. The molecular formula is C10H9BrO. The minimum atomic E-state index is 0.0648. The molecule has 1 aromatic rings. The molecule has 0 aliphatic rings. The molecule has 0 aliphatic heterocycles. The van der Waals surface area contributed by atoms with Gasteiger partial charge in [0.2, 0.25) is 0 Å². The van der Waals surface area contributed by atoms with Gasteiger partial charge >= 0.3 is 0 Å². The van der Waals surface area contributed by atoms with Gasteiger partial charge in [-0.15, -0.1) is 0 Å². The fourth-order valence-corrected chi connectivity index (χ4v) is 1.24. The van der Waals surface area contributed by atoms with Gasteiger partial charge in [0.1, 0.15) is 0 Å². The molecule has 0 N–H and O–H groups in total. The van der Waals surface area contributed by atoms with E-state index >= 15 is 0 Å². The van der Waals surface area contributed by atoms with Crippen LogP contribution >= 0.6 is 15.9 Å². The van der Waals surface area contributed by atoms with Gasteiger partial charge in [0.25, 0.3) is 0 Å². The van der Waals surface area contributed by atoms with Gasteiger partial charge < -0.3 is 0 Å². The highest BCUT2D eigenvalue weighted by Crippen LogP contribution is 2.12. The van der Waals surface area contributed by atoms with Crippen molar-refractivity contribution in [1.29, 1.82) is 0 Å². The quantitative estimate of drug-likeness (QED) is 0.707. The van der Waals surface area contributed by atoms with Crippen LogP contribution in [0.25, 0.3) is 6.08 Å². The number of hydrogen-bond donors (Lipinski definition) is 0. The molecule has 0 saturated carbocycles. The van der Waals surface area contributed by atoms with Gasteiger partial charge in [0, 0.05) is 4.47 Å². The third kappa shape index (κ3) is 3.01. The maximum Gasteiger partial charge on any atom is 0.152 e. The Morgan fingerprint density at radius 1 is 1.50 bits per heavy atom. The third-order valence-electron chi connectivity index (χ3n) is 1.36. The van der Waals surface area contributed by atoms with E-state index in [0.29, 0.717) is 0 Å². The summed E-state index contributed by atoms with van der Waals surface area (Å²) < 4.78 is 1.02. The zero-order valence-corrected chi connectivity index (χ0v) is 8.34. The molecule has 62 valence electrons. The summed E-state index contributed by atoms with van der Waals surface area (Å²) in [5, 5.41) is 0. The first kappa shape index (κ1) is 9.20. The van der Waals surface area contributed by atoms with Crippen molar-refractivity contribution in [3.63, 3.8) is 0 Å². The Labute approximate surface area is 80.2 Å². The Morgan fingerprint density at radius 3 is 2.83 bits per heavy atom. The van der Waals surface area contributed by atoms with E-state index < -0.39 is 0 Å². The van der Waals surface area contributed by atoms with E-state index in [1.807, 2.05) is 24.3 Å². The van der Waals surface area contributed by atoms with Crippen molar-refractivity contribution in [3.05, 3.63) is 40.4 Å². The smallest absolute Gasteiger partial charge is 0.152 e. The van der Waals surface area contributed by atoms with E-state index in [9.17, 15) is 4.79 Å². The minimum Gasteiger partial charge on any atom is -0.295 e. The first-order valence-electron chi connectivity index (χ1n) is 3.63. The Balaban J connectivity index is 2.83. The number of carbonyl (C=O) groups is 1. The molecule has 1 rings (SSSR count). The molecule has 0 heterocycles. The molecule has 0 unspecified atom stereocenters. The van der Waals surface area contributed by atoms with Gasteiger partial charge in [-0.25, -0.2) is 0 Å². The summed E-state index contributed by atoms with van der Waals surface area (Å²) in [6, 6.07) is 7.79. The summed E-state index contributed by atoms with van der Waals surface area (Å²) in [5.41, 5.74) is 1.03. The van der Waals surface area contributed by atoms with E-state index in [2.05, 4.69) is 15.9 Å². The fourth-order valence-electron chi connectivity index (χ4n) is 0.824. The molecule has 12 heavy (non-hydrogen) atoms. The Morgan fingerprint density at radius 2 is 2.25 bits per heavy atom. The second kappa shape index (κ2) is 4.21. The fraction of sp³-hybridized carbons (Fsp3) is 0.100. The third-order valence-corrected chi connectivity index (χ3v) is 1.85. The Bertz CT molecular complexity index is 315. The normalized spacial score (nSPS) is 10.5. The molecular weight excluding hydrogens is 216 g/mol. The summed E-state index contributed by atoms with van der Waals surface area (Å²) >= 11 is 3.35. The molecule has 0 radical (unpaired) electrons. The predicted octanol–water partition coefficient (Wildman–Crippen LogP) is 3.05. The average Bonchev–Trinajstić information content (AvgIpc) is 2.01. The second-order valence-corrected chi connectivity index (χ2v) is 3.41. The maximum absolute atomic E-state index is 10.6. The number of allylic oxidation sites excluding steroid dienone is 1. The van der Waals surface area contributed by atoms with Gasteiger partial charge in [0.05, 0.1) is 0 Å². The summed E-state index contributed by atoms with van der Waals surface area (Å²) in [6.45, 7) is 1.54. The summed E-state index contributed by atoms with van der Waals surface area (Å²) in [4.78, 5) is 10.6. The lowest BCUT2D eigenvalue weighted by Gasteiger charge is -1.92. The number of carbonyl (C=O) groups excluding carboxylic acids is 1. The molecule has 0 amide bonds. The van der Waals surface area contributed by atoms with Crippen LogP contribution in [0.5, 0.6) is 0 Å². The van der Waals surface area contributed by atoms with Gasteiger partial charge in [0.15, 0.2) is 5.78 Å². The molecule has 1 nitrogen and oxygen atoms in total. The molecule has 0 saturated heterocycles. The van der Waals surface area contributed by atoms with Crippen LogP contribution in [0.2, 0.25) is 0 Å². The van der Waals surface area contributed by atoms with E-state index in [1.165, 1.54) is 6.92 Å². The highest BCUT2D eigenvalue weighted by Gasteiger charge is 1.88.